The predicted octanol–water partition coefficient (Wildman–Crippen LogP) is 4.48. The van der Waals surface area contributed by atoms with E-state index in [2.05, 4.69) is 26.7 Å². The molecule has 0 aliphatic carbocycles. The Morgan fingerprint density at radius 1 is 1.15 bits per heavy atom. The van der Waals surface area contributed by atoms with Crippen LogP contribution in [0.5, 0.6) is 0 Å². The zero-order valence-corrected chi connectivity index (χ0v) is 15.0. The highest BCUT2D eigenvalue weighted by molar-refractivity contribution is 5.42. The smallest absolute Gasteiger partial charge is 0.272 e. The maximum Gasteiger partial charge on any atom is 0.272 e. The second-order valence-corrected chi connectivity index (χ2v) is 6.52. The first kappa shape index (κ1) is 18.1. The first-order chi connectivity index (χ1) is 12.4. The molecule has 1 saturated heterocycles. The molecule has 1 aliphatic rings. The zero-order valence-electron chi connectivity index (χ0n) is 15.0. The van der Waals surface area contributed by atoms with Crippen molar-refractivity contribution < 1.29 is 8.78 Å². The van der Waals surface area contributed by atoms with Gasteiger partial charge in [0, 0.05) is 37.5 Å². The Morgan fingerprint density at radius 3 is 2.54 bits per heavy atom. The summed E-state index contributed by atoms with van der Waals surface area (Å²) in [7, 11) is 0. The van der Waals surface area contributed by atoms with E-state index in [1.54, 1.807) is 6.07 Å². The molecule has 0 N–H and O–H groups in total. The molecule has 0 aromatic carbocycles. The minimum atomic E-state index is -2.85. The van der Waals surface area contributed by atoms with Crippen molar-refractivity contribution in [2.24, 2.45) is 0 Å². The summed E-state index contributed by atoms with van der Waals surface area (Å²) in [6.45, 7) is 4.45. The van der Waals surface area contributed by atoms with Crippen LogP contribution in [0, 0.1) is 18.8 Å². The Kier molecular flexibility index (Phi) is 5.32. The number of pyridine rings is 2. The maximum absolute atomic E-state index is 13.3. The van der Waals surface area contributed by atoms with Gasteiger partial charge < -0.3 is 4.90 Å². The topological polar surface area (TPSA) is 29.0 Å². The average molecular weight is 353 g/mol. The molecule has 0 atom stereocenters. The van der Waals surface area contributed by atoms with Gasteiger partial charge in [0.2, 0.25) is 0 Å². The fourth-order valence-electron chi connectivity index (χ4n) is 2.82. The summed E-state index contributed by atoms with van der Waals surface area (Å²) in [4.78, 5) is 10.7. The molecular formula is C21H21F2N3. The summed E-state index contributed by atoms with van der Waals surface area (Å²) < 4.78 is 26.5. The van der Waals surface area contributed by atoms with Gasteiger partial charge in [-0.15, -0.1) is 0 Å². The number of halogens is 2. The van der Waals surface area contributed by atoms with Gasteiger partial charge in [0.1, 0.15) is 11.5 Å². The van der Waals surface area contributed by atoms with Gasteiger partial charge in [-0.2, -0.15) is 0 Å². The molecule has 0 bridgehead atoms. The van der Waals surface area contributed by atoms with E-state index in [1.165, 1.54) is 17.8 Å². The van der Waals surface area contributed by atoms with Crippen molar-refractivity contribution in [2.45, 2.75) is 32.6 Å². The van der Waals surface area contributed by atoms with Crippen LogP contribution >= 0.6 is 0 Å². The molecule has 3 nitrogen and oxygen atoms in total. The second kappa shape index (κ2) is 7.65. The van der Waals surface area contributed by atoms with E-state index in [4.69, 9.17) is 0 Å². The predicted molar refractivity (Wildman–Crippen MR) is 99.2 cm³/mol. The van der Waals surface area contributed by atoms with Crippen LogP contribution in [0.3, 0.4) is 0 Å². The van der Waals surface area contributed by atoms with Crippen molar-refractivity contribution in [1.82, 2.24) is 9.97 Å². The van der Waals surface area contributed by atoms with Crippen LogP contribution in [0.15, 0.2) is 48.2 Å². The second-order valence-electron chi connectivity index (χ2n) is 6.52. The number of anilines is 1. The van der Waals surface area contributed by atoms with Gasteiger partial charge in [-0.3, -0.25) is 0 Å². The van der Waals surface area contributed by atoms with E-state index in [-0.39, 0.29) is 5.56 Å². The van der Waals surface area contributed by atoms with Crippen molar-refractivity contribution in [3.63, 3.8) is 0 Å². The van der Waals surface area contributed by atoms with Crippen LogP contribution in [0.25, 0.3) is 0 Å². The summed E-state index contributed by atoms with van der Waals surface area (Å²) in [6.07, 6.45) is 5.02. The average Bonchev–Trinajstić information content (AvgIpc) is 2.62. The molecule has 0 spiro atoms. The summed E-state index contributed by atoms with van der Waals surface area (Å²) in [5.41, 5.74) is 2.96. The van der Waals surface area contributed by atoms with E-state index in [9.17, 15) is 8.78 Å². The molecule has 26 heavy (non-hydrogen) atoms. The molecular weight excluding hydrogens is 332 g/mol. The Bertz CT molecular complexity index is 845. The minimum Gasteiger partial charge on any atom is -0.356 e. The lowest BCUT2D eigenvalue weighted by Gasteiger charge is -2.29. The maximum atomic E-state index is 13.3. The van der Waals surface area contributed by atoms with Crippen LogP contribution in [0.2, 0.25) is 0 Å². The highest BCUT2D eigenvalue weighted by Gasteiger charge is 2.25. The Balaban J connectivity index is 1.59. The van der Waals surface area contributed by atoms with Crippen molar-refractivity contribution in [1.29, 1.82) is 0 Å². The molecule has 3 rings (SSSR count). The standard InChI is InChI=1S/C21H21F2N3/c1-16-5-3-7-19(25-16)8-4-6-17-11-13-26(14-12-17)20-10-9-18(15-24-20)21(2,22)23/h3,5-7,9-10,15H,11-14H2,1-2H3. The molecule has 0 unspecified atom stereocenters. The lowest BCUT2D eigenvalue weighted by atomic mass is 10.0. The largest absolute Gasteiger partial charge is 0.356 e. The molecule has 5 heteroatoms. The van der Waals surface area contributed by atoms with E-state index < -0.39 is 5.92 Å². The van der Waals surface area contributed by atoms with Crippen molar-refractivity contribution in [3.8, 4) is 11.8 Å². The van der Waals surface area contributed by atoms with Crippen molar-refractivity contribution in [2.75, 3.05) is 18.0 Å². The van der Waals surface area contributed by atoms with Crippen molar-refractivity contribution >= 4 is 5.82 Å². The van der Waals surface area contributed by atoms with E-state index in [1.807, 2.05) is 31.2 Å². The van der Waals surface area contributed by atoms with Gasteiger partial charge in [-0.05, 0) is 56.0 Å². The number of aryl methyl sites for hydroxylation is 1. The number of aromatic nitrogens is 2. The summed E-state index contributed by atoms with van der Waals surface area (Å²) in [5, 5.41) is 0. The van der Waals surface area contributed by atoms with Gasteiger partial charge in [-0.1, -0.05) is 17.6 Å². The third-order valence-electron chi connectivity index (χ3n) is 4.35. The quantitative estimate of drug-likeness (QED) is 0.746. The third-order valence-corrected chi connectivity index (χ3v) is 4.35. The minimum absolute atomic E-state index is 0.0566. The first-order valence-corrected chi connectivity index (χ1v) is 8.64. The van der Waals surface area contributed by atoms with Gasteiger partial charge in [-0.25, -0.2) is 18.7 Å². The molecule has 1 aliphatic heterocycles. The zero-order chi connectivity index (χ0) is 18.6. The van der Waals surface area contributed by atoms with Crippen LogP contribution in [-0.4, -0.2) is 23.1 Å². The molecule has 0 amide bonds. The Hall–Kier alpha value is -2.74. The Morgan fingerprint density at radius 2 is 1.92 bits per heavy atom. The molecule has 3 heterocycles. The Labute approximate surface area is 152 Å². The SMILES string of the molecule is Cc1cccc(C#CC=C2CCN(c3ccc(C(C)(F)F)cn3)CC2)n1. The summed E-state index contributed by atoms with van der Waals surface area (Å²) >= 11 is 0. The van der Waals surface area contributed by atoms with Crippen LogP contribution in [0.4, 0.5) is 14.6 Å². The molecule has 1 fully saturated rings. The van der Waals surface area contributed by atoms with Crippen LogP contribution < -0.4 is 4.90 Å². The first-order valence-electron chi connectivity index (χ1n) is 8.64. The summed E-state index contributed by atoms with van der Waals surface area (Å²) in [5.74, 6) is 4.04. The summed E-state index contributed by atoms with van der Waals surface area (Å²) in [6, 6.07) is 8.92. The fourth-order valence-corrected chi connectivity index (χ4v) is 2.82. The van der Waals surface area contributed by atoms with E-state index in [0.29, 0.717) is 0 Å². The number of allylic oxidation sites excluding steroid dienone is 1. The van der Waals surface area contributed by atoms with Crippen molar-refractivity contribution in [3.05, 3.63) is 65.1 Å². The number of hydrogen-bond acceptors (Lipinski definition) is 3. The molecule has 0 radical (unpaired) electrons. The van der Waals surface area contributed by atoms with Gasteiger partial charge in [0.15, 0.2) is 0 Å². The number of alkyl halides is 2. The molecule has 0 saturated carbocycles. The number of rotatable bonds is 2. The van der Waals surface area contributed by atoms with Gasteiger partial charge in [0.05, 0.1) is 0 Å². The van der Waals surface area contributed by atoms with E-state index >= 15 is 0 Å². The number of hydrogen-bond donors (Lipinski definition) is 0. The fraction of sp³-hybridized carbons (Fsp3) is 0.333. The van der Waals surface area contributed by atoms with Crippen LogP contribution in [-0.2, 0) is 5.92 Å². The molecule has 2 aromatic rings. The lowest BCUT2D eigenvalue weighted by molar-refractivity contribution is 0.0171. The van der Waals surface area contributed by atoms with E-state index in [0.717, 1.165) is 50.1 Å². The normalized spacial score (nSPS) is 14.6. The van der Waals surface area contributed by atoms with Gasteiger partial charge >= 0.3 is 0 Å². The molecule has 2 aromatic heterocycles. The highest BCUT2D eigenvalue weighted by atomic mass is 19.3. The lowest BCUT2D eigenvalue weighted by Crippen LogP contribution is -2.31. The van der Waals surface area contributed by atoms with Gasteiger partial charge in [0.25, 0.3) is 5.92 Å². The highest BCUT2D eigenvalue weighted by Crippen LogP contribution is 2.28. The number of piperidine rings is 1. The third kappa shape index (κ3) is 4.66. The monoisotopic (exact) mass is 353 g/mol. The molecule has 134 valence electrons. The number of nitrogens with zero attached hydrogens (tertiary/aromatic N) is 3. The van der Waals surface area contributed by atoms with Crippen LogP contribution in [0.1, 0.15) is 36.7 Å².